The number of thioether (sulfide) groups is 1. The van der Waals surface area contributed by atoms with Crippen molar-refractivity contribution in [3.8, 4) is 0 Å². The summed E-state index contributed by atoms with van der Waals surface area (Å²) in [6, 6.07) is 8.98. The van der Waals surface area contributed by atoms with E-state index in [1.807, 2.05) is 12.3 Å². The van der Waals surface area contributed by atoms with Crippen LogP contribution in [0.15, 0.2) is 35.5 Å². The van der Waals surface area contributed by atoms with E-state index in [-0.39, 0.29) is 11.8 Å². The number of nitrogens with zero attached hydrogens (tertiary/aromatic N) is 3. The molecule has 2 aromatic heterocycles. The summed E-state index contributed by atoms with van der Waals surface area (Å²) >= 11 is 2.89. The summed E-state index contributed by atoms with van der Waals surface area (Å²) < 4.78 is 0. The SMILES string of the molecule is CSc1nc(N2CCCCC2)c2cc(C(=O)Nc3cccc(NC(C)=O)c3)sc2n1. The fraction of sp³-hybridized carbons (Fsp3) is 0.333. The van der Waals surface area contributed by atoms with Gasteiger partial charge in [-0.2, -0.15) is 0 Å². The van der Waals surface area contributed by atoms with Crippen LogP contribution in [0, 0.1) is 0 Å². The Kier molecular flexibility index (Phi) is 6.19. The predicted molar refractivity (Wildman–Crippen MR) is 124 cm³/mol. The number of fused-ring (bicyclic) bond motifs is 1. The first-order valence-electron chi connectivity index (χ1n) is 9.83. The van der Waals surface area contributed by atoms with Crippen molar-refractivity contribution in [3.05, 3.63) is 35.2 Å². The summed E-state index contributed by atoms with van der Waals surface area (Å²) in [5, 5.41) is 7.29. The molecule has 0 aliphatic carbocycles. The Bertz CT molecular complexity index is 1090. The molecule has 1 aliphatic heterocycles. The molecule has 0 bridgehead atoms. The topological polar surface area (TPSA) is 87.2 Å². The van der Waals surface area contributed by atoms with Gasteiger partial charge in [0.2, 0.25) is 5.91 Å². The number of anilines is 3. The van der Waals surface area contributed by atoms with Gasteiger partial charge in [0.1, 0.15) is 10.6 Å². The van der Waals surface area contributed by atoms with Gasteiger partial charge in [-0.15, -0.1) is 11.3 Å². The molecule has 1 aliphatic rings. The summed E-state index contributed by atoms with van der Waals surface area (Å²) in [4.78, 5) is 37.3. The number of aromatic nitrogens is 2. The van der Waals surface area contributed by atoms with Gasteiger partial charge in [0.15, 0.2) is 5.16 Å². The fourth-order valence-corrected chi connectivity index (χ4v) is 4.85. The molecule has 30 heavy (non-hydrogen) atoms. The molecular formula is C21H23N5O2S2. The van der Waals surface area contributed by atoms with E-state index < -0.39 is 0 Å². The Morgan fingerprint density at radius 1 is 1.07 bits per heavy atom. The van der Waals surface area contributed by atoms with Crippen molar-refractivity contribution in [1.82, 2.24) is 9.97 Å². The molecule has 156 valence electrons. The monoisotopic (exact) mass is 441 g/mol. The van der Waals surface area contributed by atoms with Crippen LogP contribution < -0.4 is 15.5 Å². The molecule has 0 radical (unpaired) electrons. The van der Waals surface area contributed by atoms with Crippen LogP contribution in [0.3, 0.4) is 0 Å². The molecule has 2 N–H and O–H groups in total. The average Bonchev–Trinajstić information content (AvgIpc) is 3.18. The molecule has 1 aromatic carbocycles. The van der Waals surface area contributed by atoms with Gasteiger partial charge in [0, 0.05) is 31.4 Å². The molecule has 0 atom stereocenters. The number of rotatable bonds is 5. The minimum Gasteiger partial charge on any atom is -0.356 e. The Balaban J connectivity index is 1.63. The van der Waals surface area contributed by atoms with Crippen LogP contribution in [0.25, 0.3) is 10.2 Å². The molecule has 4 rings (SSSR count). The molecular weight excluding hydrogens is 418 g/mol. The Morgan fingerprint density at radius 2 is 1.80 bits per heavy atom. The van der Waals surface area contributed by atoms with Crippen molar-refractivity contribution in [2.45, 2.75) is 31.3 Å². The first-order chi connectivity index (χ1) is 14.5. The molecule has 2 amide bonds. The zero-order valence-electron chi connectivity index (χ0n) is 16.9. The smallest absolute Gasteiger partial charge is 0.265 e. The number of benzene rings is 1. The number of hydrogen-bond donors (Lipinski definition) is 2. The van der Waals surface area contributed by atoms with Crippen molar-refractivity contribution in [1.29, 1.82) is 0 Å². The van der Waals surface area contributed by atoms with Gasteiger partial charge in [-0.3, -0.25) is 9.59 Å². The van der Waals surface area contributed by atoms with Crippen LogP contribution in [-0.2, 0) is 4.79 Å². The maximum Gasteiger partial charge on any atom is 0.265 e. The summed E-state index contributed by atoms with van der Waals surface area (Å²) in [6.07, 6.45) is 5.52. The molecule has 9 heteroatoms. The zero-order chi connectivity index (χ0) is 21.1. The van der Waals surface area contributed by atoms with Crippen LogP contribution in [0.2, 0.25) is 0 Å². The number of thiophene rings is 1. The highest BCUT2D eigenvalue weighted by molar-refractivity contribution is 7.98. The fourth-order valence-electron chi connectivity index (χ4n) is 3.51. The van der Waals surface area contributed by atoms with E-state index in [4.69, 9.17) is 4.98 Å². The summed E-state index contributed by atoms with van der Waals surface area (Å²) in [7, 11) is 0. The predicted octanol–water partition coefficient (Wildman–Crippen LogP) is 4.61. The zero-order valence-corrected chi connectivity index (χ0v) is 18.5. The van der Waals surface area contributed by atoms with Crippen molar-refractivity contribution in [2.24, 2.45) is 0 Å². The molecule has 1 fully saturated rings. The average molecular weight is 442 g/mol. The lowest BCUT2D eigenvalue weighted by molar-refractivity contribution is -0.114. The van der Waals surface area contributed by atoms with Crippen LogP contribution in [-0.4, -0.2) is 41.1 Å². The first kappa shape index (κ1) is 20.6. The van der Waals surface area contributed by atoms with Crippen LogP contribution in [0.5, 0.6) is 0 Å². The van der Waals surface area contributed by atoms with Crippen LogP contribution in [0.4, 0.5) is 17.2 Å². The van der Waals surface area contributed by atoms with E-state index in [0.29, 0.717) is 16.3 Å². The maximum absolute atomic E-state index is 12.9. The lowest BCUT2D eigenvalue weighted by Gasteiger charge is -2.28. The summed E-state index contributed by atoms with van der Waals surface area (Å²) in [5.74, 6) is 0.566. The van der Waals surface area contributed by atoms with Gasteiger partial charge in [-0.25, -0.2) is 9.97 Å². The van der Waals surface area contributed by atoms with Gasteiger partial charge in [0.25, 0.3) is 5.91 Å². The van der Waals surface area contributed by atoms with Crippen LogP contribution >= 0.6 is 23.1 Å². The number of hydrogen-bond acceptors (Lipinski definition) is 7. The van der Waals surface area contributed by atoms with E-state index >= 15 is 0 Å². The second-order valence-corrected chi connectivity index (χ2v) is 8.93. The number of piperidine rings is 1. The van der Waals surface area contributed by atoms with Gasteiger partial charge in [-0.1, -0.05) is 17.8 Å². The highest BCUT2D eigenvalue weighted by Crippen LogP contribution is 2.34. The van der Waals surface area contributed by atoms with Crippen molar-refractivity contribution in [2.75, 3.05) is 34.9 Å². The van der Waals surface area contributed by atoms with E-state index in [1.165, 1.54) is 36.4 Å². The van der Waals surface area contributed by atoms with Gasteiger partial charge in [-0.05, 0) is 49.8 Å². The molecule has 3 aromatic rings. The highest BCUT2D eigenvalue weighted by Gasteiger charge is 2.21. The Morgan fingerprint density at radius 3 is 2.50 bits per heavy atom. The van der Waals surface area contributed by atoms with E-state index in [0.717, 1.165) is 47.1 Å². The summed E-state index contributed by atoms with van der Waals surface area (Å²) in [5.41, 5.74) is 1.26. The van der Waals surface area contributed by atoms with Crippen LogP contribution in [0.1, 0.15) is 35.9 Å². The first-order valence-corrected chi connectivity index (χ1v) is 11.9. The van der Waals surface area contributed by atoms with Crippen molar-refractivity contribution >= 4 is 62.3 Å². The molecule has 0 spiro atoms. The molecule has 3 heterocycles. The lowest BCUT2D eigenvalue weighted by atomic mass is 10.1. The third-order valence-electron chi connectivity index (χ3n) is 4.85. The largest absolute Gasteiger partial charge is 0.356 e. The minimum absolute atomic E-state index is 0.156. The quantitative estimate of drug-likeness (QED) is 0.444. The van der Waals surface area contributed by atoms with Gasteiger partial charge < -0.3 is 15.5 Å². The normalized spacial score (nSPS) is 14.0. The number of carbonyl (C=O) groups excluding carboxylic acids is 2. The second-order valence-electron chi connectivity index (χ2n) is 7.13. The lowest BCUT2D eigenvalue weighted by Crippen LogP contribution is -2.30. The number of amides is 2. The Labute approximate surface area is 183 Å². The van der Waals surface area contributed by atoms with Gasteiger partial charge in [0.05, 0.1) is 10.3 Å². The minimum atomic E-state index is -0.201. The van der Waals surface area contributed by atoms with E-state index in [9.17, 15) is 9.59 Å². The molecule has 7 nitrogen and oxygen atoms in total. The highest BCUT2D eigenvalue weighted by atomic mass is 32.2. The molecule has 0 saturated carbocycles. The third kappa shape index (κ3) is 4.57. The number of carbonyl (C=O) groups is 2. The van der Waals surface area contributed by atoms with Crippen molar-refractivity contribution < 1.29 is 9.59 Å². The van der Waals surface area contributed by atoms with Gasteiger partial charge >= 0.3 is 0 Å². The third-order valence-corrected chi connectivity index (χ3v) is 6.43. The van der Waals surface area contributed by atoms with E-state index in [1.54, 1.807) is 24.3 Å². The Hall–Kier alpha value is -2.65. The standard InChI is InChI=1S/C21H23N5O2S2/c1-13(27)22-14-7-6-8-15(11-14)23-19(28)17-12-16-18(26-9-4-3-5-10-26)24-21(29-2)25-20(16)30-17/h6-8,11-12H,3-5,9-10H2,1-2H3,(H,22,27)(H,23,28). The molecule has 0 unspecified atom stereocenters. The molecule has 1 saturated heterocycles. The van der Waals surface area contributed by atoms with Crippen molar-refractivity contribution in [3.63, 3.8) is 0 Å². The maximum atomic E-state index is 12.9. The second kappa shape index (κ2) is 9.01. The number of nitrogens with one attached hydrogen (secondary N) is 2. The summed E-state index contributed by atoms with van der Waals surface area (Å²) in [6.45, 7) is 3.41. The van der Waals surface area contributed by atoms with E-state index in [2.05, 4.69) is 20.5 Å².